The van der Waals surface area contributed by atoms with E-state index in [0.717, 1.165) is 38.9 Å². The Balaban J connectivity index is 1.65. The first-order valence-electron chi connectivity index (χ1n) is 9.07. The van der Waals surface area contributed by atoms with Crippen LogP contribution in [0.15, 0.2) is 65.1 Å². The maximum absolute atomic E-state index is 12.6. The van der Waals surface area contributed by atoms with E-state index in [9.17, 15) is 4.79 Å². The monoisotopic (exact) mass is 434 g/mol. The van der Waals surface area contributed by atoms with Crippen molar-refractivity contribution in [3.05, 3.63) is 81.8 Å². The number of benzene rings is 3. The van der Waals surface area contributed by atoms with E-state index in [0.29, 0.717) is 5.56 Å². The molecule has 0 bridgehead atoms. The van der Waals surface area contributed by atoms with E-state index in [2.05, 4.69) is 50.5 Å². The molecule has 0 aliphatic rings. The normalized spacial score (nSPS) is 11.0. The number of hydrogen-bond acceptors (Lipinski definition) is 3. The molecule has 3 aromatic carbocycles. The Bertz CT molecular complexity index is 1170. The lowest BCUT2D eigenvalue weighted by Crippen LogP contribution is -2.12. The first kappa shape index (κ1) is 18.4. The fraction of sp³-hybridized carbons (Fsp3) is 0.136. The van der Waals surface area contributed by atoms with Crippen LogP contribution in [-0.2, 0) is 6.42 Å². The lowest BCUT2D eigenvalue weighted by molar-refractivity contribution is 0.102. The van der Waals surface area contributed by atoms with Crippen molar-refractivity contribution in [2.45, 2.75) is 20.3 Å². The highest BCUT2D eigenvalue weighted by atomic mass is 79.9. The number of nitrogens with one attached hydrogen (secondary N) is 1. The number of aromatic nitrogens is 3. The molecule has 0 saturated heterocycles. The highest BCUT2D eigenvalue weighted by Crippen LogP contribution is 2.23. The summed E-state index contributed by atoms with van der Waals surface area (Å²) in [5.74, 6) is -0.161. The first-order chi connectivity index (χ1) is 13.5. The van der Waals surface area contributed by atoms with Crippen molar-refractivity contribution in [2.75, 3.05) is 5.32 Å². The van der Waals surface area contributed by atoms with Crippen LogP contribution in [0.4, 0.5) is 5.69 Å². The second-order valence-electron chi connectivity index (χ2n) is 6.63. The van der Waals surface area contributed by atoms with E-state index in [1.54, 1.807) is 16.9 Å². The number of hydrogen-bond donors (Lipinski definition) is 1. The number of halogens is 1. The van der Waals surface area contributed by atoms with Gasteiger partial charge >= 0.3 is 0 Å². The molecule has 1 amide bonds. The van der Waals surface area contributed by atoms with Crippen molar-refractivity contribution in [2.24, 2.45) is 0 Å². The highest BCUT2D eigenvalue weighted by molar-refractivity contribution is 9.10. The molecule has 0 unspecified atom stereocenters. The van der Waals surface area contributed by atoms with Crippen LogP contribution in [0.3, 0.4) is 0 Å². The molecule has 0 aliphatic heterocycles. The zero-order chi connectivity index (χ0) is 19.7. The molecule has 0 fully saturated rings. The summed E-state index contributed by atoms with van der Waals surface area (Å²) in [6.07, 6.45) is 0.995. The van der Waals surface area contributed by atoms with Gasteiger partial charge in [-0.1, -0.05) is 41.1 Å². The van der Waals surface area contributed by atoms with Crippen LogP contribution in [0.25, 0.3) is 16.7 Å². The third kappa shape index (κ3) is 3.68. The Kier molecular flexibility index (Phi) is 4.96. The molecule has 0 spiro atoms. The van der Waals surface area contributed by atoms with E-state index >= 15 is 0 Å². The van der Waals surface area contributed by atoms with Gasteiger partial charge in [-0.25, -0.2) is 0 Å². The molecule has 4 rings (SSSR count). The summed E-state index contributed by atoms with van der Waals surface area (Å²) in [7, 11) is 0. The highest BCUT2D eigenvalue weighted by Gasteiger charge is 2.12. The van der Waals surface area contributed by atoms with Crippen LogP contribution in [0.1, 0.15) is 28.4 Å². The van der Waals surface area contributed by atoms with Gasteiger partial charge in [0.25, 0.3) is 5.91 Å². The molecule has 0 radical (unpaired) electrons. The van der Waals surface area contributed by atoms with E-state index in [1.165, 1.54) is 5.56 Å². The molecule has 4 aromatic rings. The topological polar surface area (TPSA) is 59.8 Å². The van der Waals surface area contributed by atoms with Gasteiger partial charge in [0.05, 0.1) is 5.69 Å². The van der Waals surface area contributed by atoms with Crippen molar-refractivity contribution in [3.8, 4) is 5.69 Å². The maximum atomic E-state index is 12.6. The molecular formula is C22H19BrN4O. The first-order valence-corrected chi connectivity index (χ1v) is 9.87. The van der Waals surface area contributed by atoms with Gasteiger partial charge in [-0.05, 0) is 66.9 Å². The van der Waals surface area contributed by atoms with Gasteiger partial charge in [0, 0.05) is 15.7 Å². The number of carbonyl (C=O) groups is 1. The fourth-order valence-electron chi connectivity index (χ4n) is 3.01. The van der Waals surface area contributed by atoms with Crippen LogP contribution < -0.4 is 5.32 Å². The van der Waals surface area contributed by atoms with Crippen molar-refractivity contribution in [3.63, 3.8) is 0 Å². The van der Waals surface area contributed by atoms with Crippen LogP contribution in [0.5, 0.6) is 0 Å². The summed E-state index contributed by atoms with van der Waals surface area (Å²) in [5, 5.41) is 12.1. The quantitative estimate of drug-likeness (QED) is 0.473. The molecule has 0 aliphatic carbocycles. The third-order valence-electron chi connectivity index (χ3n) is 4.64. The molecule has 0 saturated carbocycles. The van der Waals surface area contributed by atoms with Gasteiger partial charge in [-0.3, -0.25) is 4.79 Å². The maximum Gasteiger partial charge on any atom is 0.255 e. The Morgan fingerprint density at radius 2 is 1.75 bits per heavy atom. The molecule has 0 atom stereocenters. The number of fused-ring (bicyclic) bond motifs is 1. The predicted molar refractivity (Wildman–Crippen MR) is 115 cm³/mol. The summed E-state index contributed by atoms with van der Waals surface area (Å²) in [6.45, 7) is 4.08. The van der Waals surface area contributed by atoms with Gasteiger partial charge in [0.1, 0.15) is 11.0 Å². The number of amides is 1. The van der Waals surface area contributed by atoms with Gasteiger partial charge in [0.15, 0.2) is 0 Å². The van der Waals surface area contributed by atoms with Crippen molar-refractivity contribution in [1.29, 1.82) is 0 Å². The molecule has 28 heavy (non-hydrogen) atoms. The van der Waals surface area contributed by atoms with E-state index < -0.39 is 0 Å². The van der Waals surface area contributed by atoms with Crippen molar-refractivity contribution < 1.29 is 4.79 Å². The third-order valence-corrected chi connectivity index (χ3v) is 5.13. The Morgan fingerprint density at radius 3 is 2.43 bits per heavy atom. The van der Waals surface area contributed by atoms with E-state index in [4.69, 9.17) is 0 Å². The lowest BCUT2D eigenvalue weighted by Gasteiger charge is -2.08. The summed E-state index contributed by atoms with van der Waals surface area (Å²) in [4.78, 5) is 14.2. The minimum Gasteiger partial charge on any atom is -0.322 e. The van der Waals surface area contributed by atoms with Gasteiger partial charge in [-0.2, -0.15) is 4.80 Å². The number of aryl methyl sites for hydroxylation is 2. The number of rotatable bonds is 4. The Morgan fingerprint density at radius 1 is 1.04 bits per heavy atom. The molecule has 5 nitrogen and oxygen atoms in total. The summed E-state index contributed by atoms with van der Waals surface area (Å²) < 4.78 is 0.865. The predicted octanol–water partition coefficient (Wildman–Crippen LogP) is 5.31. The molecule has 1 heterocycles. The van der Waals surface area contributed by atoms with Crippen molar-refractivity contribution >= 4 is 38.6 Å². The smallest absolute Gasteiger partial charge is 0.255 e. The number of carbonyl (C=O) groups excluding carboxylic acids is 1. The number of nitrogens with zero attached hydrogens (tertiary/aromatic N) is 3. The average Bonchev–Trinajstić information content (AvgIpc) is 3.11. The minimum atomic E-state index is -0.161. The standard InChI is InChI=1S/C22H19BrN4O/c1-3-15-7-9-18(10-8-15)27-25-20-11-14(2)19(13-21(20)26-27)24-22(28)16-5-4-6-17(23)12-16/h4-13H,3H2,1-2H3,(H,24,28). The van der Waals surface area contributed by atoms with Gasteiger partial charge in [-0.15, -0.1) is 10.2 Å². The minimum absolute atomic E-state index is 0.161. The lowest BCUT2D eigenvalue weighted by atomic mass is 10.1. The van der Waals surface area contributed by atoms with Crippen LogP contribution in [-0.4, -0.2) is 20.9 Å². The van der Waals surface area contributed by atoms with Crippen LogP contribution in [0, 0.1) is 6.92 Å². The second kappa shape index (κ2) is 7.56. The Labute approximate surface area is 171 Å². The zero-order valence-corrected chi connectivity index (χ0v) is 17.2. The summed E-state index contributed by atoms with van der Waals surface area (Å²) in [5.41, 5.74) is 5.95. The second-order valence-corrected chi connectivity index (χ2v) is 7.55. The fourth-order valence-corrected chi connectivity index (χ4v) is 3.41. The SMILES string of the molecule is CCc1ccc(-n2nc3cc(C)c(NC(=O)c4cccc(Br)c4)cc3n2)cc1. The van der Waals surface area contributed by atoms with Crippen LogP contribution in [0.2, 0.25) is 0 Å². The zero-order valence-electron chi connectivity index (χ0n) is 15.6. The molecule has 140 valence electrons. The van der Waals surface area contributed by atoms with E-state index in [-0.39, 0.29) is 5.91 Å². The molecule has 1 N–H and O–H groups in total. The largest absolute Gasteiger partial charge is 0.322 e. The summed E-state index contributed by atoms with van der Waals surface area (Å²) >= 11 is 3.40. The summed E-state index contributed by atoms with van der Waals surface area (Å²) in [6, 6.07) is 19.3. The number of anilines is 1. The van der Waals surface area contributed by atoms with Gasteiger partial charge in [0.2, 0.25) is 0 Å². The van der Waals surface area contributed by atoms with Crippen molar-refractivity contribution in [1.82, 2.24) is 15.0 Å². The molecular weight excluding hydrogens is 416 g/mol. The average molecular weight is 435 g/mol. The van der Waals surface area contributed by atoms with Gasteiger partial charge < -0.3 is 5.32 Å². The Hall–Kier alpha value is -2.99. The molecule has 6 heteroatoms. The van der Waals surface area contributed by atoms with E-state index in [1.807, 2.05) is 43.3 Å². The molecule has 1 aromatic heterocycles. The van der Waals surface area contributed by atoms with Crippen LogP contribution >= 0.6 is 15.9 Å².